The third-order valence-electron chi connectivity index (χ3n) is 5.23. The lowest BCUT2D eigenvalue weighted by Gasteiger charge is -2.57. The van der Waals surface area contributed by atoms with Crippen molar-refractivity contribution in [2.45, 2.75) is 56.3 Å². The first-order valence-corrected chi connectivity index (χ1v) is 8.66. The molecule has 1 fully saturated rings. The van der Waals surface area contributed by atoms with Crippen LogP contribution in [0.4, 0.5) is 0 Å². The number of rotatable bonds is 1. The molecule has 0 amide bonds. The lowest BCUT2D eigenvalue weighted by Crippen LogP contribution is -2.60. The van der Waals surface area contributed by atoms with Gasteiger partial charge in [0.1, 0.15) is 6.10 Å². The zero-order valence-corrected chi connectivity index (χ0v) is 15.8. The van der Waals surface area contributed by atoms with Gasteiger partial charge in [-0.3, -0.25) is 9.59 Å². The molecule has 3 nitrogen and oxygen atoms in total. The summed E-state index contributed by atoms with van der Waals surface area (Å²) in [4.78, 5) is 23.3. The molecule has 5 heteroatoms. The van der Waals surface area contributed by atoms with Gasteiger partial charge in [-0.1, -0.05) is 42.4 Å². The van der Waals surface area contributed by atoms with Crippen LogP contribution in [0.3, 0.4) is 0 Å². The Hall–Kier alpha value is -0.610. The maximum absolute atomic E-state index is 12.3. The van der Waals surface area contributed by atoms with E-state index in [2.05, 4.69) is 22.5 Å². The molecule has 0 aromatic carbocycles. The third-order valence-corrected chi connectivity index (χ3v) is 7.25. The van der Waals surface area contributed by atoms with Gasteiger partial charge < -0.3 is 4.74 Å². The predicted octanol–water partition coefficient (Wildman–Crippen LogP) is 4.18. The van der Waals surface area contributed by atoms with Crippen molar-refractivity contribution in [1.29, 1.82) is 0 Å². The number of hydrogen-bond acceptors (Lipinski definition) is 3. The fourth-order valence-corrected chi connectivity index (χ4v) is 4.69. The smallest absolute Gasteiger partial charge is 0.302 e. The van der Waals surface area contributed by atoms with Crippen molar-refractivity contribution < 1.29 is 14.3 Å². The number of allylic oxidation sites excluding steroid dienone is 2. The number of ketones is 1. The SMILES string of the molecule is C=C1C(=O)C=CC(C)(C)[C@]12C[C@@H](Br)[C@](C)(Cl)C[C@@H]2OC(C)=O. The molecule has 0 N–H and O–H groups in total. The fourth-order valence-electron chi connectivity index (χ4n) is 3.77. The van der Waals surface area contributed by atoms with E-state index >= 15 is 0 Å². The minimum atomic E-state index is -0.646. The topological polar surface area (TPSA) is 43.4 Å². The minimum Gasteiger partial charge on any atom is -0.462 e. The molecule has 0 aliphatic heterocycles. The number of halogens is 2. The molecule has 0 unspecified atom stereocenters. The molecule has 2 aliphatic rings. The number of ether oxygens (including phenoxy) is 1. The Labute approximate surface area is 145 Å². The first-order chi connectivity index (χ1) is 9.94. The van der Waals surface area contributed by atoms with Crippen LogP contribution in [0.2, 0.25) is 0 Å². The van der Waals surface area contributed by atoms with Crippen molar-refractivity contribution in [2.75, 3.05) is 0 Å². The van der Waals surface area contributed by atoms with E-state index in [1.165, 1.54) is 6.92 Å². The Morgan fingerprint density at radius 1 is 1.41 bits per heavy atom. The molecule has 22 heavy (non-hydrogen) atoms. The van der Waals surface area contributed by atoms with Gasteiger partial charge >= 0.3 is 5.97 Å². The third kappa shape index (κ3) is 2.58. The van der Waals surface area contributed by atoms with Crippen molar-refractivity contribution >= 4 is 39.3 Å². The summed E-state index contributed by atoms with van der Waals surface area (Å²) in [6, 6.07) is 0. The maximum Gasteiger partial charge on any atom is 0.302 e. The van der Waals surface area contributed by atoms with Gasteiger partial charge in [-0.2, -0.15) is 0 Å². The van der Waals surface area contributed by atoms with Crippen molar-refractivity contribution in [1.82, 2.24) is 0 Å². The molecule has 0 heterocycles. The Balaban J connectivity index is 2.60. The maximum atomic E-state index is 12.3. The van der Waals surface area contributed by atoms with Crippen LogP contribution in [-0.2, 0) is 14.3 Å². The molecular formula is C17H22BrClO3. The molecule has 2 rings (SSSR count). The largest absolute Gasteiger partial charge is 0.462 e. The van der Waals surface area contributed by atoms with Crippen LogP contribution in [0.25, 0.3) is 0 Å². The second-order valence-corrected chi connectivity index (χ2v) is 9.09. The zero-order valence-electron chi connectivity index (χ0n) is 13.4. The van der Waals surface area contributed by atoms with Crippen molar-refractivity contribution in [2.24, 2.45) is 10.8 Å². The molecular weight excluding hydrogens is 368 g/mol. The number of hydrogen-bond donors (Lipinski definition) is 0. The highest BCUT2D eigenvalue weighted by atomic mass is 79.9. The molecule has 0 aromatic heterocycles. The van der Waals surface area contributed by atoms with Crippen LogP contribution in [0.1, 0.15) is 40.5 Å². The van der Waals surface area contributed by atoms with Crippen LogP contribution in [0, 0.1) is 10.8 Å². The molecule has 1 spiro atoms. The monoisotopic (exact) mass is 388 g/mol. The second-order valence-electron chi connectivity index (χ2n) is 7.12. The zero-order chi connectivity index (χ0) is 16.9. The van der Waals surface area contributed by atoms with Crippen molar-refractivity contribution in [3.8, 4) is 0 Å². The highest BCUT2D eigenvalue weighted by Crippen LogP contribution is 2.61. The van der Waals surface area contributed by atoms with E-state index in [-0.39, 0.29) is 22.0 Å². The summed E-state index contributed by atoms with van der Waals surface area (Å²) < 4.78 is 5.63. The van der Waals surface area contributed by atoms with E-state index < -0.39 is 16.4 Å². The van der Waals surface area contributed by atoms with Gasteiger partial charge in [0, 0.05) is 29.2 Å². The summed E-state index contributed by atoms with van der Waals surface area (Å²) in [5.41, 5.74) is -0.507. The highest BCUT2D eigenvalue weighted by Gasteiger charge is 2.62. The van der Waals surface area contributed by atoms with Crippen LogP contribution < -0.4 is 0 Å². The summed E-state index contributed by atoms with van der Waals surface area (Å²) in [7, 11) is 0. The minimum absolute atomic E-state index is 0.0104. The summed E-state index contributed by atoms with van der Waals surface area (Å²) in [5, 5.41) is 0. The van der Waals surface area contributed by atoms with Crippen LogP contribution in [0.5, 0.6) is 0 Å². The van der Waals surface area contributed by atoms with E-state index in [1.54, 1.807) is 6.08 Å². The van der Waals surface area contributed by atoms with Crippen LogP contribution >= 0.6 is 27.5 Å². The lowest BCUT2D eigenvalue weighted by atomic mass is 9.50. The summed E-state index contributed by atoms with van der Waals surface area (Å²) >= 11 is 10.3. The quantitative estimate of drug-likeness (QED) is 0.384. The van der Waals surface area contributed by atoms with E-state index in [9.17, 15) is 9.59 Å². The van der Waals surface area contributed by atoms with E-state index in [0.717, 1.165) is 0 Å². The molecule has 1 saturated carbocycles. The summed E-state index contributed by atoms with van der Waals surface area (Å²) in [5.74, 6) is -0.468. The predicted molar refractivity (Wildman–Crippen MR) is 91.3 cm³/mol. The molecule has 0 radical (unpaired) electrons. The average Bonchev–Trinajstić information content (AvgIpc) is 2.36. The molecule has 4 atom stereocenters. The average molecular weight is 390 g/mol. The van der Waals surface area contributed by atoms with Gasteiger partial charge in [0.25, 0.3) is 0 Å². The molecule has 2 aliphatic carbocycles. The highest BCUT2D eigenvalue weighted by molar-refractivity contribution is 9.09. The van der Waals surface area contributed by atoms with Crippen LogP contribution in [0.15, 0.2) is 24.3 Å². The van der Waals surface area contributed by atoms with Gasteiger partial charge in [-0.25, -0.2) is 0 Å². The van der Waals surface area contributed by atoms with Gasteiger partial charge in [0.05, 0.1) is 4.87 Å². The number of carbonyl (C=O) groups excluding carboxylic acids is 2. The molecule has 0 aromatic rings. The second kappa shape index (κ2) is 5.48. The Morgan fingerprint density at radius 3 is 2.55 bits per heavy atom. The lowest BCUT2D eigenvalue weighted by molar-refractivity contribution is -0.162. The van der Waals surface area contributed by atoms with Crippen molar-refractivity contribution in [3.05, 3.63) is 24.3 Å². The van der Waals surface area contributed by atoms with Gasteiger partial charge in [0.15, 0.2) is 5.78 Å². The molecule has 122 valence electrons. The van der Waals surface area contributed by atoms with E-state index in [0.29, 0.717) is 18.4 Å². The normalized spacial score (nSPS) is 40.8. The van der Waals surface area contributed by atoms with Gasteiger partial charge in [0.2, 0.25) is 0 Å². The Morgan fingerprint density at radius 2 is 2.00 bits per heavy atom. The first-order valence-electron chi connectivity index (χ1n) is 7.37. The van der Waals surface area contributed by atoms with Gasteiger partial charge in [-0.05, 0) is 24.8 Å². The fraction of sp³-hybridized carbons (Fsp3) is 0.647. The van der Waals surface area contributed by atoms with Crippen molar-refractivity contribution in [3.63, 3.8) is 0 Å². The number of alkyl halides is 2. The number of carbonyl (C=O) groups is 2. The molecule has 0 bridgehead atoms. The van der Waals surface area contributed by atoms with Gasteiger partial charge in [-0.15, -0.1) is 11.6 Å². The first kappa shape index (κ1) is 17.7. The number of esters is 1. The molecule has 0 saturated heterocycles. The van der Waals surface area contributed by atoms with E-state index in [4.69, 9.17) is 16.3 Å². The van der Waals surface area contributed by atoms with Crippen LogP contribution in [-0.4, -0.2) is 27.6 Å². The Bertz CT molecular complexity index is 564. The summed E-state index contributed by atoms with van der Waals surface area (Å²) in [6.45, 7) is 11.5. The standard InChI is InChI=1S/C17H22BrClO3/c1-10-12(21)6-7-15(3,4)17(10)8-13(18)16(5,19)9-14(17)22-11(2)20/h6-7,13-14H,1,8-9H2,2-5H3/t13-,14+,16-,17-/m1/s1. The Kier molecular flexibility index (Phi) is 4.42. The van der Waals surface area contributed by atoms with E-state index in [1.807, 2.05) is 26.8 Å². The summed E-state index contributed by atoms with van der Waals surface area (Å²) in [6.07, 6.45) is 4.05.